The predicted octanol–water partition coefficient (Wildman–Crippen LogP) is 3.46. The number of halogens is 2. The van der Waals surface area contributed by atoms with Crippen LogP contribution >= 0.6 is 0 Å². The number of allylic oxidation sites excluding steroid dienone is 1. The highest BCUT2D eigenvalue weighted by Gasteiger charge is 2.21. The van der Waals surface area contributed by atoms with Crippen LogP contribution in [0.15, 0.2) is 54.9 Å². The van der Waals surface area contributed by atoms with Gasteiger partial charge in [-0.05, 0) is 29.3 Å². The van der Waals surface area contributed by atoms with E-state index in [2.05, 4.69) is 4.98 Å². The highest BCUT2D eigenvalue weighted by atomic mass is 19.3. The maximum absolute atomic E-state index is 12.7. The normalized spacial score (nSPS) is 11.6. The van der Waals surface area contributed by atoms with Crippen molar-refractivity contribution in [2.75, 3.05) is 0 Å². The molecule has 0 spiro atoms. The zero-order valence-corrected chi connectivity index (χ0v) is 9.96. The van der Waals surface area contributed by atoms with Crippen molar-refractivity contribution >= 4 is 17.4 Å². The summed E-state index contributed by atoms with van der Waals surface area (Å²) >= 11 is 0. The van der Waals surface area contributed by atoms with E-state index < -0.39 is 12.2 Å². The van der Waals surface area contributed by atoms with Gasteiger partial charge in [0, 0.05) is 18.0 Å². The summed E-state index contributed by atoms with van der Waals surface area (Å²) in [5, 5.41) is 0. The molecular formula is C15H11F2NO. The number of hydrogen-bond donors (Lipinski definition) is 0. The highest BCUT2D eigenvalue weighted by molar-refractivity contribution is 6.26. The molecule has 0 saturated carbocycles. The number of Topliss-reactive ketones (excluding diaryl/α,β-unsaturated/α-hetero) is 1. The summed E-state index contributed by atoms with van der Waals surface area (Å²) in [5.74, 6) is -1.18. The average Bonchev–Trinajstić information content (AvgIpc) is 2.46. The Kier molecular flexibility index (Phi) is 4.13. The molecule has 0 unspecified atom stereocenters. The number of aromatic nitrogens is 1. The van der Waals surface area contributed by atoms with E-state index in [1.807, 2.05) is 0 Å². The van der Waals surface area contributed by atoms with Crippen LogP contribution in [0.3, 0.4) is 0 Å². The fourth-order valence-corrected chi connectivity index (χ4v) is 1.66. The Morgan fingerprint density at radius 2 is 1.68 bits per heavy atom. The first-order valence-corrected chi connectivity index (χ1v) is 5.68. The standard InChI is InChI=1S/C15H11F2NO/c16-15(17)14(19)13(12-4-2-1-3-5-12)10-11-6-8-18-9-7-11/h1-10,15H/b13-10+. The summed E-state index contributed by atoms with van der Waals surface area (Å²) in [5.41, 5.74) is 1.13. The minimum absolute atomic E-state index is 0.00167. The van der Waals surface area contributed by atoms with E-state index in [0.717, 1.165) is 0 Å². The Bertz CT molecular complexity index is 580. The number of rotatable bonds is 4. The largest absolute Gasteiger partial charge is 0.300 e. The molecule has 2 nitrogen and oxygen atoms in total. The fraction of sp³-hybridized carbons (Fsp3) is 0.0667. The van der Waals surface area contributed by atoms with Gasteiger partial charge in [0.25, 0.3) is 0 Å². The number of carbonyl (C=O) groups is 1. The second kappa shape index (κ2) is 6.00. The van der Waals surface area contributed by atoms with Gasteiger partial charge in [-0.1, -0.05) is 30.3 Å². The van der Waals surface area contributed by atoms with Gasteiger partial charge in [0.2, 0.25) is 5.78 Å². The minimum Gasteiger partial charge on any atom is -0.288 e. The molecule has 1 aromatic carbocycles. The van der Waals surface area contributed by atoms with Gasteiger partial charge in [0.15, 0.2) is 0 Å². The maximum Gasteiger partial charge on any atom is 0.300 e. The van der Waals surface area contributed by atoms with Gasteiger partial charge in [-0.15, -0.1) is 0 Å². The molecule has 96 valence electrons. The van der Waals surface area contributed by atoms with E-state index in [-0.39, 0.29) is 5.57 Å². The quantitative estimate of drug-likeness (QED) is 0.787. The van der Waals surface area contributed by atoms with Crippen LogP contribution in [-0.2, 0) is 4.79 Å². The van der Waals surface area contributed by atoms with Gasteiger partial charge in [-0.25, -0.2) is 8.78 Å². The van der Waals surface area contributed by atoms with Crippen LogP contribution in [0, 0.1) is 0 Å². The number of carbonyl (C=O) groups excluding carboxylic acids is 1. The molecule has 0 saturated heterocycles. The number of pyridine rings is 1. The van der Waals surface area contributed by atoms with Crippen molar-refractivity contribution in [2.45, 2.75) is 6.43 Å². The van der Waals surface area contributed by atoms with E-state index >= 15 is 0 Å². The Balaban J connectivity index is 2.47. The van der Waals surface area contributed by atoms with Crippen molar-refractivity contribution in [3.8, 4) is 0 Å². The van der Waals surface area contributed by atoms with E-state index in [9.17, 15) is 13.6 Å². The van der Waals surface area contributed by atoms with E-state index in [4.69, 9.17) is 0 Å². The van der Waals surface area contributed by atoms with Crippen LogP contribution in [-0.4, -0.2) is 17.2 Å². The zero-order valence-electron chi connectivity index (χ0n) is 9.96. The number of alkyl halides is 2. The Morgan fingerprint density at radius 1 is 1.05 bits per heavy atom. The lowest BCUT2D eigenvalue weighted by atomic mass is 9.99. The van der Waals surface area contributed by atoms with E-state index in [1.165, 1.54) is 6.08 Å². The summed E-state index contributed by atoms with van der Waals surface area (Å²) in [7, 11) is 0. The molecule has 0 aliphatic heterocycles. The van der Waals surface area contributed by atoms with Gasteiger partial charge < -0.3 is 0 Å². The molecule has 0 radical (unpaired) electrons. The predicted molar refractivity (Wildman–Crippen MR) is 69.6 cm³/mol. The molecule has 0 aliphatic carbocycles. The van der Waals surface area contributed by atoms with Gasteiger partial charge in [-0.2, -0.15) is 0 Å². The van der Waals surface area contributed by atoms with Gasteiger partial charge in [0.05, 0.1) is 0 Å². The Morgan fingerprint density at radius 3 is 2.26 bits per heavy atom. The van der Waals surface area contributed by atoms with Crippen LogP contribution in [0.4, 0.5) is 8.78 Å². The van der Waals surface area contributed by atoms with Crippen molar-refractivity contribution in [3.05, 3.63) is 66.0 Å². The number of ketones is 1. The van der Waals surface area contributed by atoms with Crippen LogP contribution in [0.2, 0.25) is 0 Å². The second-order valence-corrected chi connectivity index (χ2v) is 3.87. The number of nitrogens with zero attached hydrogens (tertiary/aromatic N) is 1. The first kappa shape index (κ1) is 13.1. The molecule has 4 heteroatoms. The number of hydrogen-bond acceptors (Lipinski definition) is 2. The average molecular weight is 259 g/mol. The number of benzene rings is 1. The third-order valence-electron chi connectivity index (χ3n) is 2.57. The van der Waals surface area contributed by atoms with Crippen LogP contribution in [0.1, 0.15) is 11.1 Å². The summed E-state index contributed by atoms with van der Waals surface area (Å²) in [4.78, 5) is 15.5. The Hall–Kier alpha value is -2.36. The van der Waals surface area contributed by atoms with Crippen LogP contribution < -0.4 is 0 Å². The second-order valence-electron chi connectivity index (χ2n) is 3.87. The third kappa shape index (κ3) is 3.31. The zero-order chi connectivity index (χ0) is 13.7. The molecule has 0 atom stereocenters. The molecule has 0 bridgehead atoms. The smallest absolute Gasteiger partial charge is 0.288 e. The van der Waals surface area contributed by atoms with Crippen molar-refractivity contribution in [3.63, 3.8) is 0 Å². The summed E-state index contributed by atoms with van der Waals surface area (Å²) in [6.45, 7) is 0. The van der Waals surface area contributed by atoms with Crippen LogP contribution in [0.5, 0.6) is 0 Å². The monoisotopic (exact) mass is 259 g/mol. The van der Waals surface area contributed by atoms with Gasteiger partial charge in [-0.3, -0.25) is 9.78 Å². The molecule has 0 fully saturated rings. The van der Waals surface area contributed by atoms with E-state index in [0.29, 0.717) is 11.1 Å². The van der Waals surface area contributed by atoms with Crippen molar-refractivity contribution in [2.24, 2.45) is 0 Å². The molecular weight excluding hydrogens is 248 g/mol. The topological polar surface area (TPSA) is 30.0 Å². The molecule has 0 aliphatic rings. The van der Waals surface area contributed by atoms with Crippen LogP contribution in [0.25, 0.3) is 11.6 Å². The first-order chi connectivity index (χ1) is 9.18. The fourth-order valence-electron chi connectivity index (χ4n) is 1.66. The van der Waals surface area contributed by atoms with E-state index in [1.54, 1.807) is 54.9 Å². The minimum atomic E-state index is -3.02. The molecule has 2 rings (SSSR count). The molecule has 0 amide bonds. The van der Waals surface area contributed by atoms with Gasteiger partial charge in [0.1, 0.15) is 0 Å². The maximum atomic E-state index is 12.7. The molecule has 1 aromatic heterocycles. The molecule has 0 N–H and O–H groups in total. The summed E-state index contributed by atoms with van der Waals surface area (Å²) in [6.07, 6.45) is 1.52. The lowest BCUT2D eigenvalue weighted by molar-refractivity contribution is -0.123. The van der Waals surface area contributed by atoms with Crippen molar-refractivity contribution < 1.29 is 13.6 Å². The summed E-state index contributed by atoms with van der Waals surface area (Å²) < 4.78 is 25.3. The lowest BCUT2D eigenvalue weighted by Crippen LogP contribution is -2.12. The van der Waals surface area contributed by atoms with Crippen molar-refractivity contribution in [1.29, 1.82) is 0 Å². The molecule has 2 aromatic rings. The molecule has 1 heterocycles. The SMILES string of the molecule is O=C(/C(=C/c1ccncc1)c1ccccc1)C(F)F. The highest BCUT2D eigenvalue weighted by Crippen LogP contribution is 2.21. The third-order valence-corrected chi connectivity index (χ3v) is 2.57. The van der Waals surface area contributed by atoms with Crippen molar-refractivity contribution in [1.82, 2.24) is 4.98 Å². The first-order valence-electron chi connectivity index (χ1n) is 5.68. The lowest BCUT2D eigenvalue weighted by Gasteiger charge is -2.06. The van der Waals surface area contributed by atoms with Gasteiger partial charge >= 0.3 is 6.43 Å². The molecule has 19 heavy (non-hydrogen) atoms. The Labute approximate surface area is 109 Å². The summed E-state index contributed by atoms with van der Waals surface area (Å²) in [6, 6.07) is 11.7.